The van der Waals surface area contributed by atoms with Crippen molar-refractivity contribution in [1.29, 1.82) is 0 Å². The van der Waals surface area contributed by atoms with Crippen LogP contribution in [-0.2, 0) is 6.42 Å². The SMILES string of the molecule is CCC(C)n1ccc(CC(CO)c2ccccc2Br)n1. The van der Waals surface area contributed by atoms with E-state index in [-0.39, 0.29) is 12.5 Å². The van der Waals surface area contributed by atoms with E-state index in [1.807, 2.05) is 35.1 Å². The summed E-state index contributed by atoms with van der Waals surface area (Å²) in [4.78, 5) is 0. The number of aliphatic hydroxyl groups is 1. The first kappa shape index (κ1) is 15.3. The van der Waals surface area contributed by atoms with Gasteiger partial charge in [-0.15, -0.1) is 0 Å². The van der Waals surface area contributed by atoms with Gasteiger partial charge in [-0.25, -0.2) is 0 Å². The lowest BCUT2D eigenvalue weighted by Crippen LogP contribution is -2.10. The zero-order chi connectivity index (χ0) is 14.5. The highest BCUT2D eigenvalue weighted by atomic mass is 79.9. The molecule has 0 saturated carbocycles. The summed E-state index contributed by atoms with van der Waals surface area (Å²) in [6.45, 7) is 4.44. The molecule has 3 nitrogen and oxygen atoms in total. The fourth-order valence-electron chi connectivity index (χ4n) is 2.25. The Morgan fingerprint density at radius 3 is 2.70 bits per heavy atom. The molecule has 108 valence electrons. The van der Waals surface area contributed by atoms with Gasteiger partial charge in [0.1, 0.15) is 0 Å². The van der Waals surface area contributed by atoms with Crippen LogP contribution in [0.25, 0.3) is 0 Å². The average Bonchev–Trinajstić information content (AvgIpc) is 2.93. The molecular weight excluding hydrogens is 316 g/mol. The van der Waals surface area contributed by atoms with Crippen molar-refractivity contribution < 1.29 is 5.11 Å². The van der Waals surface area contributed by atoms with E-state index in [0.29, 0.717) is 6.04 Å². The summed E-state index contributed by atoms with van der Waals surface area (Å²) < 4.78 is 3.05. The van der Waals surface area contributed by atoms with Gasteiger partial charge in [-0.05, 0) is 31.0 Å². The van der Waals surface area contributed by atoms with Gasteiger partial charge in [0, 0.05) is 29.1 Å². The van der Waals surface area contributed by atoms with Crippen molar-refractivity contribution in [2.45, 2.75) is 38.6 Å². The molecule has 0 aliphatic heterocycles. The van der Waals surface area contributed by atoms with Crippen LogP contribution >= 0.6 is 15.9 Å². The maximum absolute atomic E-state index is 9.67. The molecule has 1 aromatic heterocycles. The van der Waals surface area contributed by atoms with E-state index in [1.54, 1.807) is 0 Å². The highest BCUT2D eigenvalue weighted by Crippen LogP contribution is 2.27. The average molecular weight is 337 g/mol. The molecule has 20 heavy (non-hydrogen) atoms. The highest BCUT2D eigenvalue weighted by molar-refractivity contribution is 9.10. The zero-order valence-electron chi connectivity index (χ0n) is 12.0. The molecule has 1 aromatic carbocycles. The molecule has 0 aliphatic rings. The number of benzene rings is 1. The Hall–Kier alpha value is -1.13. The van der Waals surface area contributed by atoms with E-state index < -0.39 is 0 Å². The van der Waals surface area contributed by atoms with Crippen LogP contribution in [0.2, 0.25) is 0 Å². The Kier molecular flexibility index (Phi) is 5.38. The molecule has 0 saturated heterocycles. The number of halogens is 1. The summed E-state index contributed by atoms with van der Waals surface area (Å²) in [7, 11) is 0. The van der Waals surface area contributed by atoms with Crippen LogP contribution in [0.4, 0.5) is 0 Å². The number of aromatic nitrogens is 2. The van der Waals surface area contributed by atoms with Crippen molar-refractivity contribution in [3.05, 3.63) is 52.3 Å². The summed E-state index contributed by atoms with van der Waals surface area (Å²) in [5.74, 6) is 0.0749. The fourth-order valence-corrected chi connectivity index (χ4v) is 2.86. The van der Waals surface area contributed by atoms with E-state index in [0.717, 1.165) is 28.6 Å². The van der Waals surface area contributed by atoms with Crippen LogP contribution in [0.15, 0.2) is 41.0 Å². The van der Waals surface area contributed by atoms with Gasteiger partial charge >= 0.3 is 0 Å². The Labute approximate surface area is 128 Å². The second-order valence-corrected chi connectivity index (χ2v) is 6.00. The number of hydrogen-bond acceptors (Lipinski definition) is 2. The van der Waals surface area contributed by atoms with Gasteiger partial charge in [-0.3, -0.25) is 4.68 Å². The highest BCUT2D eigenvalue weighted by Gasteiger charge is 2.16. The van der Waals surface area contributed by atoms with Crippen molar-refractivity contribution in [3.63, 3.8) is 0 Å². The number of rotatable bonds is 6. The van der Waals surface area contributed by atoms with Crippen LogP contribution in [0.3, 0.4) is 0 Å². The molecular formula is C16H21BrN2O. The third-order valence-corrected chi connectivity index (χ3v) is 4.45. The van der Waals surface area contributed by atoms with Gasteiger partial charge in [0.2, 0.25) is 0 Å². The minimum Gasteiger partial charge on any atom is -0.396 e. The largest absolute Gasteiger partial charge is 0.396 e. The minimum atomic E-state index is 0.0749. The fraction of sp³-hybridized carbons (Fsp3) is 0.438. The van der Waals surface area contributed by atoms with E-state index in [1.165, 1.54) is 0 Å². The molecule has 0 radical (unpaired) electrons. The van der Waals surface area contributed by atoms with E-state index in [4.69, 9.17) is 0 Å². The lowest BCUT2D eigenvalue weighted by atomic mass is 9.95. The quantitative estimate of drug-likeness (QED) is 0.867. The predicted octanol–water partition coefficient (Wildman–Crippen LogP) is 3.94. The molecule has 2 unspecified atom stereocenters. The zero-order valence-corrected chi connectivity index (χ0v) is 13.5. The molecule has 0 amide bonds. The summed E-state index contributed by atoms with van der Waals surface area (Å²) in [6, 6.07) is 10.5. The van der Waals surface area contributed by atoms with Crippen molar-refractivity contribution in [2.24, 2.45) is 0 Å². The van der Waals surface area contributed by atoms with Crippen LogP contribution in [0.1, 0.15) is 43.5 Å². The molecule has 0 aliphatic carbocycles. The van der Waals surface area contributed by atoms with Gasteiger partial charge in [0.15, 0.2) is 0 Å². The first-order valence-corrected chi connectivity index (χ1v) is 7.84. The van der Waals surface area contributed by atoms with Crippen LogP contribution in [-0.4, -0.2) is 21.5 Å². The van der Waals surface area contributed by atoms with Crippen LogP contribution in [0.5, 0.6) is 0 Å². The van der Waals surface area contributed by atoms with Gasteiger partial charge in [0.05, 0.1) is 12.3 Å². The first-order valence-electron chi connectivity index (χ1n) is 7.05. The Balaban J connectivity index is 2.15. The van der Waals surface area contributed by atoms with Crippen molar-refractivity contribution in [3.8, 4) is 0 Å². The van der Waals surface area contributed by atoms with Crippen LogP contribution < -0.4 is 0 Å². The molecule has 0 fully saturated rings. The maximum Gasteiger partial charge on any atom is 0.0631 e. The lowest BCUT2D eigenvalue weighted by Gasteiger charge is -2.15. The standard InChI is InChI=1S/C16H21BrN2O/c1-3-12(2)19-9-8-14(18-19)10-13(11-20)15-6-4-5-7-16(15)17/h4-9,12-13,20H,3,10-11H2,1-2H3. The number of aliphatic hydroxyl groups excluding tert-OH is 1. The van der Waals surface area contributed by atoms with Gasteiger partial charge in [0.25, 0.3) is 0 Å². The van der Waals surface area contributed by atoms with Crippen molar-refractivity contribution in [2.75, 3.05) is 6.61 Å². The molecule has 4 heteroatoms. The monoisotopic (exact) mass is 336 g/mol. The molecule has 2 rings (SSSR count). The predicted molar refractivity (Wildman–Crippen MR) is 84.9 cm³/mol. The number of nitrogens with zero attached hydrogens (tertiary/aromatic N) is 2. The number of hydrogen-bond donors (Lipinski definition) is 1. The topological polar surface area (TPSA) is 38.0 Å². The third-order valence-electron chi connectivity index (χ3n) is 3.73. The van der Waals surface area contributed by atoms with Gasteiger partial charge in [-0.2, -0.15) is 5.10 Å². The molecule has 0 spiro atoms. The molecule has 2 aromatic rings. The van der Waals surface area contributed by atoms with E-state index in [2.05, 4.69) is 40.9 Å². The smallest absolute Gasteiger partial charge is 0.0631 e. The van der Waals surface area contributed by atoms with E-state index in [9.17, 15) is 5.11 Å². The van der Waals surface area contributed by atoms with Crippen molar-refractivity contribution >= 4 is 15.9 Å². The van der Waals surface area contributed by atoms with Crippen molar-refractivity contribution in [1.82, 2.24) is 9.78 Å². The molecule has 0 bridgehead atoms. The normalized spacial score (nSPS) is 14.2. The van der Waals surface area contributed by atoms with Crippen LogP contribution in [0, 0.1) is 0 Å². The molecule has 1 heterocycles. The Morgan fingerprint density at radius 1 is 1.30 bits per heavy atom. The lowest BCUT2D eigenvalue weighted by molar-refractivity contribution is 0.263. The first-order chi connectivity index (χ1) is 9.65. The summed E-state index contributed by atoms with van der Waals surface area (Å²) >= 11 is 3.55. The maximum atomic E-state index is 9.67. The van der Waals surface area contributed by atoms with Gasteiger partial charge < -0.3 is 5.11 Å². The third kappa shape index (κ3) is 3.49. The van der Waals surface area contributed by atoms with Gasteiger partial charge in [-0.1, -0.05) is 41.1 Å². The second kappa shape index (κ2) is 7.04. The Bertz CT molecular complexity index is 553. The molecule has 2 atom stereocenters. The van der Waals surface area contributed by atoms with E-state index >= 15 is 0 Å². The summed E-state index contributed by atoms with van der Waals surface area (Å²) in [5, 5.41) is 14.3. The summed E-state index contributed by atoms with van der Waals surface area (Å²) in [6.07, 6.45) is 3.84. The summed E-state index contributed by atoms with van der Waals surface area (Å²) in [5.41, 5.74) is 2.16. The second-order valence-electron chi connectivity index (χ2n) is 5.15. The Morgan fingerprint density at radius 2 is 2.05 bits per heavy atom. The minimum absolute atomic E-state index is 0.0749. The molecule has 1 N–H and O–H groups in total.